The SMILES string of the molecule is CCCn1cccc1CNc1ccc(Cl)c(C(N)=O)c1. The average molecular weight is 292 g/mol. The molecule has 2 aromatic rings. The van der Waals surface area contributed by atoms with E-state index < -0.39 is 5.91 Å². The summed E-state index contributed by atoms with van der Waals surface area (Å²) in [6, 6.07) is 9.30. The number of aromatic nitrogens is 1. The Hall–Kier alpha value is -1.94. The van der Waals surface area contributed by atoms with Gasteiger partial charge in [0.1, 0.15) is 0 Å². The molecule has 0 radical (unpaired) electrons. The molecule has 1 heterocycles. The van der Waals surface area contributed by atoms with Crippen molar-refractivity contribution in [2.75, 3.05) is 5.32 Å². The van der Waals surface area contributed by atoms with Crippen molar-refractivity contribution < 1.29 is 4.79 Å². The number of rotatable bonds is 6. The molecule has 20 heavy (non-hydrogen) atoms. The molecule has 106 valence electrons. The average Bonchev–Trinajstić information content (AvgIpc) is 2.85. The van der Waals surface area contributed by atoms with Gasteiger partial charge in [0.05, 0.1) is 17.1 Å². The molecule has 0 atom stereocenters. The van der Waals surface area contributed by atoms with Crippen LogP contribution in [0, 0.1) is 0 Å². The number of hydrogen-bond acceptors (Lipinski definition) is 2. The number of primary amides is 1. The third kappa shape index (κ3) is 3.33. The molecule has 1 aromatic heterocycles. The minimum Gasteiger partial charge on any atom is -0.379 e. The highest BCUT2D eigenvalue weighted by molar-refractivity contribution is 6.33. The Kier molecular flexibility index (Phi) is 4.69. The molecule has 0 fully saturated rings. The molecule has 1 amide bonds. The monoisotopic (exact) mass is 291 g/mol. The van der Waals surface area contributed by atoms with Gasteiger partial charge in [-0.05, 0) is 36.8 Å². The van der Waals surface area contributed by atoms with E-state index in [2.05, 4.69) is 29.1 Å². The zero-order chi connectivity index (χ0) is 14.5. The molecule has 0 spiro atoms. The van der Waals surface area contributed by atoms with Gasteiger partial charge in [-0.2, -0.15) is 0 Å². The Labute approximate surface area is 123 Å². The van der Waals surface area contributed by atoms with Crippen molar-refractivity contribution in [2.24, 2.45) is 5.73 Å². The maximum absolute atomic E-state index is 11.3. The third-order valence-electron chi connectivity index (χ3n) is 3.09. The molecule has 1 aromatic carbocycles. The number of nitrogens with one attached hydrogen (secondary N) is 1. The van der Waals surface area contributed by atoms with Gasteiger partial charge in [0.15, 0.2) is 0 Å². The lowest BCUT2D eigenvalue weighted by atomic mass is 10.2. The van der Waals surface area contributed by atoms with Gasteiger partial charge in [0, 0.05) is 24.1 Å². The molecule has 4 nitrogen and oxygen atoms in total. The molecule has 0 aliphatic carbocycles. The van der Waals surface area contributed by atoms with E-state index in [0.717, 1.165) is 18.7 Å². The van der Waals surface area contributed by atoms with Crippen LogP contribution >= 0.6 is 11.6 Å². The van der Waals surface area contributed by atoms with Crippen LogP contribution in [0.3, 0.4) is 0 Å². The Morgan fingerprint density at radius 2 is 2.20 bits per heavy atom. The van der Waals surface area contributed by atoms with E-state index in [4.69, 9.17) is 17.3 Å². The molecule has 0 saturated carbocycles. The summed E-state index contributed by atoms with van der Waals surface area (Å²) in [6.45, 7) is 3.83. The number of nitrogens with two attached hydrogens (primary N) is 1. The minimum atomic E-state index is -0.520. The molecule has 0 unspecified atom stereocenters. The number of hydrogen-bond donors (Lipinski definition) is 2. The van der Waals surface area contributed by atoms with E-state index >= 15 is 0 Å². The van der Waals surface area contributed by atoms with Crippen LogP contribution in [0.25, 0.3) is 0 Å². The minimum absolute atomic E-state index is 0.334. The first-order valence-electron chi connectivity index (χ1n) is 6.59. The standard InChI is InChI=1S/C15H18ClN3O/c1-2-7-19-8-3-4-12(19)10-18-11-5-6-14(16)13(9-11)15(17)20/h3-6,8-9,18H,2,7,10H2,1H3,(H2,17,20). The van der Waals surface area contributed by atoms with E-state index in [9.17, 15) is 4.79 Å². The molecule has 5 heteroatoms. The molecule has 3 N–H and O–H groups in total. The summed E-state index contributed by atoms with van der Waals surface area (Å²) in [7, 11) is 0. The van der Waals surface area contributed by atoms with Crippen LogP contribution in [-0.4, -0.2) is 10.5 Å². The third-order valence-corrected chi connectivity index (χ3v) is 3.42. The number of carbonyl (C=O) groups is 1. The number of nitrogens with zero attached hydrogens (tertiary/aromatic N) is 1. The summed E-state index contributed by atoms with van der Waals surface area (Å²) in [6.07, 6.45) is 3.16. The second-order valence-electron chi connectivity index (χ2n) is 4.61. The van der Waals surface area contributed by atoms with Crippen molar-refractivity contribution in [3.63, 3.8) is 0 Å². The van der Waals surface area contributed by atoms with Gasteiger partial charge in [0.2, 0.25) is 5.91 Å². The summed E-state index contributed by atoms with van der Waals surface area (Å²) < 4.78 is 2.21. The summed E-state index contributed by atoms with van der Waals surface area (Å²) >= 11 is 5.92. The van der Waals surface area contributed by atoms with E-state index in [1.54, 1.807) is 12.1 Å². The lowest BCUT2D eigenvalue weighted by Gasteiger charge is -2.11. The van der Waals surface area contributed by atoms with Crippen LogP contribution in [-0.2, 0) is 13.1 Å². The molecule has 0 bridgehead atoms. The maximum atomic E-state index is 11.3. The molecular weight excluding hydrogens is 274 g/mol. The zero-order valence-electron chi connectivity index (χ0n) is 11.4. The van der Waals surface area contributed by atoms with Crippen molar-refractivity contribution in [1.29, 1.82) is 0 Å². The first-order valence-corrected chi connectivity index (χ1v) is 6.97. The normalized spacial score (nSPS) is 10.5. The van der Waals surface area contributed by atoms with E-state index in [1.807, 2.05) is 12.1 Å². The topological polar surface area (TPSA) is 60.1 Å². The van der Waals surface area contributed by atoms with E-state index in [-0.39, 0.29) is 0 Å². The quantitative estimate of drug-likeness (QED) is 0.858. The van der Waals surface area contributed by atoms with Gasteiger partial charge in [-0.1, -0.05) is 18.5 Å². The van der Waals surface area contributed by atoms with Crippen molar-refractivity contribution in [2.45, 2.75) is 26.4 Å². The Morgan fingerprint density at radius 3 is 2.90 bits per heavy atom. The van der Waals surface area contributed by atoms with Crippen LogP contribution in [0.15, 0.2) is 36.5 Å². The highest BCUT2D eigenvalue weighted by Crippen LogP contribution is 2.20. The number of carbonyl (C=O) groups excluding carboxylic acids is 1. The highest BCUT2D eigenvalue weighted by Gasteiger charge is 2.07. The van der Waals surface area contributed by atoms with Gasteiger partial charge in [-0.15, -0.1) is 0 Å². The largest absolute Gasteiger partial charge is 0.379 e. The van der Waals surface area contributed by atoms with Gasteiger partial charge in [-0.3, -0.25) is 4.79 Å². The lowest BCUT2D eigenvalue weighted by Crippen LogP contribution is -2.12. The summed E-state index contributed by atoms with van der Waals surface area (Å²) in [5, 5.41) is 3.65. The molecule has 2 rings (SSSR count). The van der Waals surface area contributed by atoms with Gasteiger partial charge < -0.3 is 15.6 Å². The Morgan fingerprint density at radius 1 is 1.40 bits per heavy atom. The van der Waals surface area contributed by atoms with Crippen LogP contribution in [0.4, 0.5) is 5.69 Å². The smallest absolute Gasteiger partial charge is 0.250 e. The first-order chi connectivity index (χ1) is 9.61. The van der Waals surface area contributed by atoms with Crippen molar-refractivity contribution in [3.8, 4) is 0 Å². The number of anilines is 1. The number of halogens is 1. The molecule has 0 aliphatic heterocycles. The second-order valence-corrected chi connectivity index (χ2v) is 5.01. The van der Waals surface area contributed by atoms with Crippen LogP contribution < -0.4 is 11.1 Å². The van der Waals surface area contributed by atoms with E-state index in [0.29, 0.717) is 17.1 Å². The van der Waals surface area contributed by atoms with Crippen molar-refractivity contribution in [3.05, 3.63) is 52.8 Å². The fourth-order valence-corrected chi connectivity index (χ4v) is 2.30. The van der Waals surface area contributed by atoms with Crippen LogP contribution in [0.5, 0.6) is 0 Å². The summed E-state index contributed by atoms with van der Waals surface area (Å²) in [4.78, 5) is 11.3. The van der Waals surface area contributed by atoms with Gasteiger partial charge >= 0.3 is 0 Å². The lowest BCUT2D eigenvalue weighted by molar-refractivity contribution is 0.100. The molecule has 0 aliphatic rings. The highest BCUT2D eigenvalue weighted by atomic mass is 35.5. The molecule has 0 saturated heterocycles. The maximum Gasteiger partial charge on any atom is 0.250 e. The fourth-order valence-electron chi connectivity index (χ4n) is 2.09. The summed E-state index contributed by atoms with van der Waals surface area (Å²) in [5.74, 6) is -0.520. The van der Waals surface area contributed by atoms with Crippen molar-refractivity contribution >= 4 is 23.2 Å². The Bertz CT molecular complexity index is 607. The van der Waals surface area contributed by atoms with Crippen LogP contribution in [0.2, 0.25) is 5.02 Å². The Balaban J connectivity index is 2.09. The number of aryl methyl sites for hydroxylation is 1. The van der Waals surface area contributed by atoms with Crippen LogP contribution in [0.1, 0.15) is 29.4 Å². The predicted molar refractivity (Wildman–Crippen MR) is 82.0 cm³/mol. The second kappa shape index (κ2) is 6.48. The fraction of sp³-hybridized carbons (Fsp3) is 0.267. The van der Waals surface area contributed by atoms with Gasteiger partial charge in [0.25, 0.3) is 0 Å². The summed E-state index contributed by atoms with van der Waals surface area (Å²) in [5.41, 5.74) is 7.64. The number of amides is 1. The predicted octanol–water partition coefficient (Wildman–Crippen LogP) is 3.26. The zero-order valence-corrected chi connectivity index (χ0v) is 12.2. The van der Waals surface area contributed by atoms with E-state index in [1.165, 1.54) is 5.69 Å². The van der Waals surface area contributed by atoms with Crippen molar-refractivity contribution in [1.82, 2.24) is 4.57 Å². The van der Waals surface area contributed by atoms with Gasteiger partial charge in [-0.25, -0.2) is 0 Å². The first kappa shape index (κ1) is 14.5. The number of benzene rings is 1. The molecular formula is C15H18ClN3O.